The van der Waals surface area contributed by atoms with Gasteiger partial charge in [-0.1, -0.05) is 60.4 Å². The van der Waals surface area contributed by atoms with Crippen molar-refractivity contribution in [3.63, 3.8) is 0 Å². The molecule has 9 heteroatoms. The Morgan fingerprint density at radius 2 is 1.97 bits per heavy atom. The Balaban J connectivity index is 1.83. The smallest absolute Gasteiger partial charge is 0.270 e. The van der Waals surface area contributed by atoms with E-state index < -0.39 is 4.92 Å². The molecule has 0 saturated carbocycles. The lowest BCUT2D eigenvalue weighted by Gasteiger charge is -2.10. The molecule has 7 nitrogen and oxygen atoms in total. The van der Waals surface area contributed by atoms with Gasteiger partial charge in [-0.2, -0.15) is 5.10 Å². The number of para-hydroxylation sites is 1. The summed E-state index contributed by atoms with van der Waals surface area (Å²) in [6.07, 6.45) is 5.14. The van der Waals surface area contributed by atoms with Gasteiger partial charge in [-0.15, -0.1) is 6.58 Å². The lowest BCUT2D eigenvalue weighted by Crippen LogP contribution is -2.27. The van der Waals surface area contributed by atoms with Crippen LogP contribution in [0.1, 0.15) is 5.56 Å². The Bertz CT molecular complexity index is 1230. The van der Waals surface area contributed by atoms with Crippen molar-refractivity contribution < 1.29 is 9.72 Å². The van der Waals surface area contributed by atoms with E-state index in [0.717, 1.165) is 5.69 Å². The second-order valence-electron chi connectivity index (χ2n) is 6.60. The van der Waals surface area contributed by atoms with E-state index >= 15 is 0 Å². The highest BCUT2D eigenvalue weighted by Gasteiger charge is 2.31. The number of amides is 1. The predicted molar refractivity (Wildman–Crippen MR) is 126 cm³/mol. The first-order valence-corrected chi connectivity index (χ1v) is 10.5. The average molecular weight is 449 g/mol. The van der Waals surface area contributed by atoms with Gasteiger partial charge in [0.1, 0.15) is 10.0 Å². The molecule has 2 heterocycles. The normalized spacial score (nSPS) is 15.0. The Hall–Kier alpha value is -3.56. The topological polar surface area (TPSA) is 81.3 Å². The zero-order chi connectivity index (χ0) is 22.0. The number of hydrogen-bond acceptors (Lipinski definition) is 6. The fourth-order valence-corrected chi connectivity index (χ4v) is 4.39. The molecule has 1 saturated heterocycles. The second-order valence-corrected chi connectivity index (χ2v) is 8.28. The van der Waals surface area contributed by atoms with Crippen LogP contribution >= 0.6 is 24.0 Å². The molecule has 0 atom stereocenters. The van der Waals surface area contributed by atoms with E-state index in [2.05, 4.69) is 11.7 Å². The van der Waals surface area contributed by atoms with Crippen LogP contribution in [-0.2, 0) is 4.79 Å². The maximum Gasteiger partial charge on any atom is 0.270 e. The van der Waals surface area contributed by atoms with Crippen molar-refractivity contribution in [2.75, 3.05) is 6.54 Å². The largest absolute Gasteiger partial charge is 0.289 e. The highest BCUT2D eigenvalue weighted by Crippen LogP contribution is 2.35. The van der Waals surface area contributed by atoms with Crippen LogP contribution in [0.2, 0.25) is 0 Å². The van der Waals surface area contributed by atoms with Crippen molar-refractivity contribution in [1.82, 2.24) is 14.7 Å². The van der Waals surface area contributed by atoms with Crippen LogP contribution in [0.15, 0.2) is 78.4 Å². The molecule has 4 rings (SSSR count). The summed E-state index contributed by atoms with van der Waals surface area (Å²) in [6, 6.07) is 15.8. The van der Waals surface area contributed by atoms with Crippen LogP contribution in [-0.4, -0.2) is 36.4 Å². The van der Waals surface area contributed by atoms with Gasteiger partial charge in [0.15, 0.2) is 0 Å². The zero-order valence-corrected chi connectivity index (χ0v) is 17.8. The fourth-order valence-electron chi connectivity index (χ4n) is 3.12. The van der Waals surface area contributed by atoms with E-state index in [9.17, 15) is 14.9 Å². The van der Waals surface area contributed by atoms with Crippen molar-refractivity contribution in [2.45, 2.75) is 0 Å². The number of nitrogens with zero attached hydrogens (tertiary/aromatic N) is 4. The van der Waals surface area contributed by atoms with Crippen LogP contribution in [0.3, 0.4) is 0 Å². The number of nitro benzene ring substituents is 1. The molecule has 2 aromatic carbocycles. The van der Waals surface area contributed by atoms with E-state index in [1.54, 1.807) is 35.2 Å². The third kappa shape index (κ3) is 4.18. The van der Waals surface area contributed by atoms with Crippen LogP contribution in [0.25, 0.3) is 23.0 Å². The third-order valence-corrected chi connectivity index (χ3v) is 5.94. The van der Waals surface area contributed by atoms with Crippen molar-refractivity contribution in [2.24, 2.45) is 0 Å². The monoisotopic (exact) mass is 448 g/mol. The van der Waals surface area contributed by atoms with Gasteiger partial charge in [-0.3, -0.25) is 19.8 Å². The summed E-state index contributed by atoms with van der Waals surface area (Å²) >= 11 is 6.52. The number of carbonyl (C=O) groups excluding carboxylic acids is 1. The van der Waals surface area contributed by atoms with E-state index in [1.165, 1.54) is 28.8 Å². The predicted octanol–water partition coefficient (Wildman–Crippen LogP) is 4.83. The van der Waals surface area contributed by atoms with E-state index in [4.69, 9.17) is 12.2 Å². The van der Waals surface area contributed by atoms with Gasteiger partial charge in [-0.05, 0) is 18.2 Å². The lowest BCUT2D eigenvalue weighted by molar-refractivity contribution is -0.384. The number of carbonyl (C=O) groups is 1. The molecule has 31 heavy (non-hydrogen) atoms. The number of benzene rings is 2. The van der Waals surface area contributed by atoms with E-state index in [-0.39, 0.29) is 11.6 Å². The summed E-state index contributed by atoms with van der Waals surface area (Å²) in [4.78, 5) is 25.5. The summed E-state index contributed by atoms with van der Waals surface area (Å²) in [5.41, 5.74) is 2.56. The fraction of sp³-hybridized carbons (Fsp3) is 0.0455. The maximum absolute atomic E-state index is 12.8. The minimum atomic E-state index is -0.447. The molecule has 3 aromatic rings. The molecule has 0 radical (unpaired) electrons. The second kappa shape index (κ2) is 8.66. The molecule has 0 aliphatic carbocycles. The molecule has 1 aromatic heterocycles. The minimum Gasteiger partial charge on any atom is -0.289 e. The summed E-state index contributed by atoms with van der Waals surface area (Å²) in [6.45, 7) is 4.00. The van der Waals surface area contributed by atoms with Crippen LogP contribution in [0.4, 0.5) is 5.69 Å². The molecular weight excluding hydrogens is 432 g/mol. The van der Waals surface area contributed by atoms with Gasteiger partial charge in [0.2, 0.25) is 0 Å². The molecule has 0 unspecified atom stereocenters. The molecule has 0 N–H and O–H groups in total. The van der Waals surface area contributed by atoms with Crippen LogP contribution < -0.4 is 0 Å². The third-order valence-electron chi connectivity index (χ3n) is 4.57. The van der Waals surface area contributed by atoms with Gasteiger partial charge in [-0.25, -0.2) is 4.68 Å². The number of non-ortho nitro benzene ring substituents is 1. The number of hydrogen-bond donors (Lipinski definition) is 0. The molecule has 1 fully saturated rings. The Kier molecular flexibility index (Phi) is 5.79. The van der Waals surface area contributed by atoms with Gasteiger partial charge in [0, 0.05) is 36.0 Å². The summed E-state index contributed by atoms with van der Waals surface area (Å²) in [5.74, 6) is -0.202. The standard InChI is InChI=1S/C22H16N4O3S2/c1-2-11-24-21(27)19(31-22(24)30)13-16-14-25(17-8-4-3-5-9-17)23-20(16)15-7-6-10-18(12-15)26(28)29/h2-10,12-14H,1,11H2/b19-13-. The molecule has 1 aliphatic heterocycles. The number of aromatic nitrogens is 2. The average Bonchev–Trinajstić information content (AvgIpc) is 3.31. The molecule has 1 amide bonds. The van der Waals surface area contributed by atoms with Crippen LogP contribution in [0.5, 0.6) is 0 Å². The number of nitro groups is 1. The number of thioether (sulfide) groups is 1. The van der Waals surface area contributed by atoms with Gasteiger partial charge in [0.25, 0.3) is 11.6 Å². The zero-order valence-electron chi connectivity index (χ0n) is 16.2. The quantitative estimate of drug-likeness (QED) is 0.177. The van der Waals surface area contributed by atoms with Gasteiger partial charge in [0.05, 0.1) is 15.5 Å². The molecule has 1 aliphatic rings. The van der Waals surface area contributed by atoms with Crippen molar-refractivity contribution in [3.8, 4) is 16.9 Å². The van der Waals surface area contributed by atoms with E-state index in [0.29, 0.717) is 32.6 Å². The number of thiocarbonyl (C=S) groups is 1. The Morgan fingerprint density at radius 3 is 2.68 bits per heavy atom. The highest BCUT2D eigenvalue weighted by molar-refractivity contribution is 8.26. The van der Waals surface area contributed by atoms with Crippen molar-refractivity contribution >= 4 is 46.0 Å². The first-order valence-electron chi connectivity index (χ1n) is 9.24. The molecular formula is C22H16N4O3S2. The van der Waals surface area contributed by atoms with E-state index in [1.807, 2.05) is 30.3 Å². The summed E-state index contributed by atoms with van der Waals surface area (Å²) < 4.78 is 2.15. The Labute approximate surface area is 187 Å². The van der Waals surface area contributed by atoms with Crippen molar-refractivity contribution in [1.29, 1.82) is 0 Å². The molecule has 154 valence electrons. The number of rotatable bonds is 6. The lowest BCUT2D eigenvalue weighted by atomic mass is 10.1. The first-order chi connectivity index (χ1) is 15.0. The highest BCUT2D eigenvalue weighted by atomic mass is 32.2. The van der Waals surface area contributed by atoms with Gasteiger partial charge >= 0.3 is 0 Å². The molecule has 0 bridgehead atoms. The first kappa shape index (κ1) is 20.7. The maximum atomic E-state index is 12.8. The van der Waals surface area contributed by atoms with Gasteiger partial charge < -0.3 is 0 Å². The minimum absolute atomic E-state index is 0.0324. The SMILES string of the molecule is C=CCN1C(=O)/C(=C/c2cn(-c3ccccc3)nc2-c2cccc([N+](=O)[O-])c2)SC1=S. The summed E-state index contributed by atoms with van der Waals surface area (Å²) in [7, 11) is 0. The Morgan fingerprint density at radius 1 is 1.19 bits per heavy atom. The molecule has 0 spiro atoms. The summed E-state index contributed by atoms with van der Waals surface area (Å²) in [5, 5.41) is 15.9. The van der Waals surface area contributed by atoms with Crippen molar-refractivity contribution in [3.05, 3.63) is 94.0 Å². The van der Waals surface area contributed by atoms with Crippen LogP contribution in [0, 0.1) is 10.1 Å².